The first-order valence-electron chi connectivity index (χ1n) is 10.0. The van der Waals surface area contributed by atoms with Gasteiger partial charge in [-0.1, -0.05) is 53.8 Å². The fourth-order valence-electron chi connectivity index (χ4n) is 3.33. The molecule has 0 atom stereocenters. The summed E-state index contributed by atoms with van der Waals surface area (Å²) in [7, 11) is 1.56. The number of nitriles is 1. The van der Waals surface area contributed by atoms with Crippen LogP contribution in [0.4, 0.5) is 5.69 Å². The van der Waals surface area contributed by atoms with Crippen LogP contribution >= 0.6 is 74.1 Å². The molecule has 3 aromatic rings. The Balaban J connectivity index is 1.60. The number of methoxy groups -OCH3 is 1. The Morgan fingerprint density at radius 3 is 2.74 bits per heavy atom. The van der Waals surface area contributed by atoms with E-state index >= 15 is 0 Å². The molecule has 35 heavy (non-hydrogen) atoms. The first-order valence-corrected chi connectivity index (χ1v) is 13.5. The van der Waals surface area contributed by atoms with E-state index in [1.165, 1.54) is 16.7 Å². The van der Waals surface area contributed by atoms with E-state index < -0.39 is 0 Å². The van der Waals surface area contributed by atoms with Crippen molar-refractivity contribution in [3.05, 3.63) is 89.3 Å². The van der Waals surface area contributed by atoms with Crippen LogP contribution in [-0.4, -0.2) is 17.3 Å². The van der Waals surface area contributed by atoms with Crippen molar-refractivity contribution >= 4 is 96.1 Å². The second-order valence-corrected chi connectivity index (χ2v) is 11.3. The number of amides is 1. The molecule has 0 unspecified atom stereocenters. The number of carbonyl (C=O) groups is 1. The molecule has 1 amide bonds. The number of rotatable bonds is 6. The molecule has 1 aliphatic rings. The third-order valence-corrected chi connectivity index (χ3v) is 8.35. The van der Waals surface area contributed by atoms with Gasteiger partial charge in [-0.05, 0) is 86.6 Å². The molecular weight excluding hydrogens is 683 g/mol. The molecule has 0 radical (unpaired) electrons. The van der Waals surface area contributed by atoms with Gasteiger partial charge in [-0.2, -0.15) is 5.26 Å². The van der Waals surface area contributed by atoms with Gasteiger partial charge in [-0.15, -0.1) is 0 Å². The molecule has 3 aromatic carbocycles. The van der Waals surface area contributed by atoms with E-state index in [1.54, 1.807) is 43.5 Å². The van der Waals surface area contributed by atoms with Gasteiger partial charge in [0, 0.05) is 10.0 Å². The van der Waals surface area contributed by atoms with Crippen LogP contribution in [0, 0.1) is 14.9 Å². The van der Waals surface area contributed by atoms with Gasteiger partial charge in [0.1, 0.15) is 6.61 Å². The van der Waals surface area contributed by atoms with E-state index in [0.717, 1.165) is 19.2 Å². The second kappa shape index (κ2) is 11.3. The Morgan fingerprint density at radius 2 is 2.03 bits per heavy atom. The summed E-state index contributed by atoms with van der Waals surface area (Å²) in [5, 5.41) is 9.80. The SMILES string of the molecule is COc1cc(/C=C2/SC(=S)N(c3ccc(Br)c(Cl)c3)C2=O)cc(I)c1OCc1ccccc1C#N. The van der Waals surface area contributed by atoms with Crippen LogP contribution < -0.4 is 14.4 Å². The molecule has 5 nitrogen and oxygen atoms in total. The summed E-state index contributed by atoms with van der Waals surface area (Å²) >= 11 is 18.4. The summed E-state index contributed by atoms with van der Waals surface area (Å²) < 4.78 is 13.6. The van der Waals surface area contributed by atoms with Crippen LogP contribution in [0.1, 0.15) is 16.7 Å². The summed E-state index contributed by atoms with van der Waals surface area (Å²) in [6, 6.07) is 18.4. The zero-order chi connectivity index (χ0) is 25.1. The minimum atomic E-state index is -0.221. The van der Waals surface area contributed by atoms with Crippen molar-refractivity contribution in [3.63, 3.8) is 0 Å². The summed E-state index contributed by atoms with van der Waals surface area (Å²) in [6.07, 6.45) is 1.78. The summed E-state index contributed by atoms with van der Waals surface area (Å²) in [4.78, 5) is 15.1. The second-order valence-electron chi connectivity index (χ2n) is 7.21. The van der Waals surface area contributed by atoms with E-state index in [0.29, 0.717) is 37.0 Å². The minimum absolute atomic E-state index is 0.221. The van der Waals surface area contributed by atoms with Gasteiger partial charge in [-0.25, -0.2) is 0 Å². The molecule has 0 N–H and O–H groups in total. The van der Waals surface area contributed by atoms with Crippen molar-refractivity contribution in [1.82, 2.24) is 0 Å². The fourth-order valence-corrected chi connectivity index (χ4v) is 5.84. The lowest BCUT2D eigenvalue weighted by molar-refractivity contribution is -0.113. The topological polar surface area (TPSA) is 62.6 Å². The van der Waals surface area contributed by atoms with Crippen molar-refractivity contribution < 1.29 is 14.3 Å². The predicted molar refractivity (Wildman–Crippen MR) is 156 cm³/mol. The smallest absolute Gasteiger partial charge is 0.270 e. The normalized spacial score (nSPS) is 14.4. The van der Waals surface area contributed by atoms with Gasteiger partial charge < -0.3 is 9.47 Å². The maximum Gasteiger partial charge on any atom is 0.270 e. The first kappa shape index (κ1) is 26.0. The molecule has 10 heteroatoms. The number of hydrogen-bond acceptors (Lipinski definition) is 6. The molecule has 1 fully saturated rings. The van der Waals surface area contributed by atoms with Crippen molar-refractivity contribution in [1.29, 1.82) is 5.26 Å². The van der Waals surface area contributed by atoms with E-state index in [1.807, 2.05) is 24.3 Å². The number of carbonyl (C=O) groups excluding carboxylic acids is 1. The number of benzene rings is 3. The number of nitrogens with zero attached hydrogens (tertiary/aromatic N) is 2. The molecule has 0 spiro atoms. The lowest BCUT2D eigenvalue weighted by atomic mass is 10.1. The highest BCUT2D eigenvalue weighted by atomic mass is 127. The number of hydrogen-bond donors (Lipinski definition) is 0. The number of ether oxygens (including phenoxy) is 2. The van der Waals surface area contributed by atoms with Gasteiger partial charge in [0.15, 0.2) is 15.8 Å². The highest BCUT2D eigenvalue weighted by Gasteiger charge is 2.33. The molecule has 1 aliphatic heterocycles. The van der Waals surface area contributed by atoms with E-state index in [2.05, 4.69) is 44.6 Å². The molecule has 176 valence electrons. The largest absolute Gasteiger partial charge is 0.493 e. The van der Waals surface area contributed by atoms with Crippen LogP contribution in [0.15, 0.2) is 64.0 Å². The molecule has 1 heterocycles. The minimum Gasteiger partial charge on any atom is -0.493 e. The number of thiocarbonyl (C=S) groups is 1. The van der Waals surface area contributed by atoms with Gasteiger partial charge in [0.25, 0.3) is 5.91 Å². The Kier molecular flexibility index (Phi) is 8.39. The lowest BCUT2D eigenvalue weighted by Crippen LogP contribution is -2.27. The van der Waals surface area contributed by atoms with Gasteiger partial charge in [0.05, 0.1) is 37.9 Å². The average molecular weight is 698 g/mol. The Morgan fingerprint density at radius 1 is 1.26 bits per heavy atom. The van der Waals surface area contributed by atoms with Gasteiger partial charge in [-0.3, -0.25) is 9.69 Å². The van der Waals surface area contributed by atoms with Crippen LogP contribution in [-0.2, 0) is 11.4 Å². The molecule has 4 rings (SSSR count). The summed E-state index contributed by atoms with van der Waals surface area (Å²) in [6.45, 7) is 0.226. The molecule has 0 aliphatic carbocycles. The maximum absolute atomic E-state index is 13.2. The first-order chi connectivity index (χ1) is 16.8. The van der Waals surface area contributed by atoms with Crippen LogP contribution in [0.2, 0.25) is 5.02 Å². The van der Waals surface area contributed by atoms with Crippen molar-refractivity contribution in [3.8, 4) is 17.6 Å². The highest BCUT2D eigenvalue weighted by Crippen LogP contribution is 2.40. The van der Waals surface area contributed by atoms with E-state index in [4.69, 9.17) is 33.3 Å². The molecule has 0 saturated carbocycles. The highest BCUT2D eigenvalue weighted by molar-refractivity contribution is 14.1. The monoisotopic (exact) mass is 696 g/mol. The Hall–Kier alpha value is -2.10. The average Bonchev–Trinajstić information content (AvgIpc) is 3.12. The van der Waals surface area contributed by atoms with Gasteiger partial charge >= 0.3 is 0 Å². The zero-order valence-electron chi connectivity index (χ0n) is 18.1. The summed E-state index contributed by atoms with van der Waals surface area (Å²) in [5.74, 6) is 0.864. The number of thioether (sulfide) groups is 1. The maximum atomic E-state index is 13.2. The van der Waals surface area contributed by atoms with Crippen molar-refractivity contribution in [2.45, 2.75) is 6.61 Å². The van der Waals surface area contributed by atoms with Crippen LogP contribution in [0.5, 0.6) is 11.5 Å². The predicted octanol–water partition coefficient (Wildman–Crippen LogP) is 7.57. The zero-order valence-corrected chi connectivity index (χ0v) is 24.2. The Bertz CT molecular complexity index is 1420. The lowest BCUT2D eigenvalue weighted by Gasteiger charge is -2.15. The molecular formula is C25H15BrClIN2O3S2. The third kappa shape index (κ3) is 5.67. The summed E-state index contributed by atoms with van der Waals surface area (Å²) in [5.41, 5.74) is 2.73. The van der Waals surface area contributed by atoms with Crippen LogP contribution in [0.25, 0.3) is 6.08 Å². The van der Waals surface area contributed by atoms with E-state index in [9.17, 15) is 10.1 Å². The van der Waals surface area contributed by atoms with Crippen molar-refractivity contribution in [2.24, 2.45) is 0 Å². The van der Waals surface area contributed by atoms with E-state index in [-0.39, 0.29) is 12.5 Å². The molecule has 0 aromatic heterocycles. The molecule has 0 bridgehead atoms. The molecule has 1 saturated heterocycles. The quantitative estimate of drug-likeness (QED) is 0.151. The van der Waals surface area contributed by atoms with Crippen LogP contribution in [0.3, 0.4) is 0 Å². The third-order valence-electron chi connectivity index (χ3n) is 5.01. The standard InChI is InChI=1S/C25H15BrClIN2O3S2/c1-32-21-9-14(8-20(28)23(21)33-13-16-5-3-2-4-15(16)12-29)10-22-24(31)30(25(34)35-22)17-6-7-18(26)19(27)11-17/h2-11H,13H2,1H3/b22-10+. The number of halogens is 3. The number of anilines is 1. The fraction of sp³-hybridized carbons (Fsp3) is 0.0800. The van der Waals surface area contributed by atoms with Gasteiger partial charge in [0.2, 0.25) is 0 Å². The van der Waals surface area contributed by atoms with Crippen molar-refractivity contribution in [2.75, 3.05) is 12.0 Å². The Labute approximate surface area is 239 Å².